The van der Waals surface area contributed by atoms with Gasteiger partial charge in [-0.05, 0) is 18.2 Å². The number of hydrogen-bond acceptors (Lipinski definition) is 5. The summed E-state index contributed by atoms with van der Waals surface area (Å²) in [6.07, 6.45) is 1.34. The van der Waals surface area contributed by atoms with Crippen molar-refractivity contribution in [3.05, 3.63) is 41.1 Å². The van der Waals surface area contributed by atoms with Crippen molar-refractivity contribution in [1.82, 2.24) is 19.5 Å². The van der Waals surface area contributed by atoms with Crippen LogP contribution in [0.5, 0.6) is 0 Å². The maximum absolute atomic E-state index is 12.1. The molecule has 3 rings (SSSR count). The van der Waals surface area contributed by atoms with E-state index in [-0.39, 0.29) is 11.5 Å². The Morgan fingerprint density at radius 3 is 3.00 bits per heavy atom. The van der Waals surface area contributed by atoms with E-state index >= 15 is 0 Å². The third-order valence-electron chi connectivity index (χ3n) is 2.90. The first kappa shape index (κ1) is 11.3. The number of aromatic nitrogens is 4. The number of hydrogen-bond donors (Lipinski definition) is 3. The third-order valence-corrected chi connectivity index (χ3v) is 2.90. The number of nitrogens with two attached hydrogens (primary N) is 1. The zero-order valence-corrected chi connectivity index (χ0v) is 10.2. The average molecular weight is 256 g/mol. The van der Waals surface area contributed by atoms with Gasteiger partial charge in [0.15, 0.2) is 11.5 Å². The first-order valence-corrected chi connectivity index (χ1v) is 5.70. The van der Waals surface area contributed by atoms with Crippen molar-refractivity contribution in [1.29, 1.82) is 0 Å². The molecule has 0 saturated carbocycles. The van der Waals surface area contributed by atoms with Gasteiger partial charge < -0.3 is 16.0 Å². The van der Waals surface area contributed by atoms with Crippen molar-refractivity contribution < 1.29 is 0 Å². The van der Waals surface area contributed by atoms with Gasteiger partial charge in [-0.25, -0.2) is 19.3 Å². The van der Waals surface area contributed by atoms with E-state index in [1.807, 2.05) is 31.3 Å². The van der Waals surface area contributed by atoms with Crippen molar-refractivity contribution in [2.75, 3.05) is 18.1 Å². The van der Waals surface area contributed by atoms with E-state index in [1.165, 1.54) is 10.9 Å². The number of anilines is 2. The summed E-state index contributed by atoms with van der Waals surface area (Å²) in [5.74, 6) is 0.255. The largest absolute Gasteiger partial charge is 0.388 e. The van der Waals surface area contributed by atoms with Crippen LogP contribution in [0.4, 0.5) is 11.5 Å². The molecule has 0 bridgehead atoms. The Bertz CT molecular complexity index is 803. The summed E-state index contributed by atoms with van der Waals surface area (Å²) in [7, 11) is 1.82. The van der Waals surface area contributed by atoms with Crippen molar-refractivity contribution in [3.8, 4) is 5.69 Å². The smallest absolute Gasteiger partial charge is 0.332 e. The van der Waals surface area contributed by atoms with E-state index in [0.29, 0.717) is 16.9 Å². The highest BCUT2D eigenvalue weighted by Gasteiger charge is 2.12. The van der Waals surface area contributed by atoms with Crippen LogP contribution in [0, 0.1) is 0 Å². The van der Waals surface area contributed by atoms with Crippen LogP contribution in [0.15, 0.2) is 35.4 Å². The Kier molecular flexibility index (Phi) is 2.45. The minimum atomic E-state index is -0.296. The summed E-state index contributed by atoms with van der Waals surface area (Å²) >= 11 is 0. The highest BCUT2D eigenvalue weighted by atomic mass is 16.1. The van der Waals surface area contributed by atoms with E-state index < -0.39 is 0 Å². The van der Waals surface area contributed by atoms with E-state index in [1.54, 1.807) is 0 Å². The fourth-order valence-corrected chi connectivity index (χ4v) is 1.98. The summed E-state index contributed by atoms with van der Waals surface area (Å²) in [6.45, 7) is 0. The topological polar surface area (TPSA) is 102 Å². The number of nitrogens with zero attached hydrogens (tertiary/aromatic N) is 3. The summed E-state index contributed by atoms with van der Waals surface area (Å²) < 4.78 is 1.47. The molecule has 0 amide bonds. The van der Waals surface area contributed by atoms with Crippen molar-refractivity contribution in [3.63, 3.8) is 0 Å². The molecule has 96 valence electrons. The number of aromatic amines is 1. The molecule has 0 aliphatic carbocycles. The van der Waals surface area contributed by atoms with Crippen molar-refractivity contribution in [2.45, 2.75) is 0 Å². The van der Waals surface area contributed by atoms with Gasteiger partial charge >= 0.3 is 5.69 Å². The van der Waals surface area contributed by atoms with E-state index in [2.05, 4.69) is 20.3 Å². The second kappa shape index (κ2) is 4.13. The number of H-pyrrole nitrogens is 1. The van der Waals surface area contributed by atoms with Gasteiger partial charge in [-0.2, -0.15) is 0 Å². The molecular formula is C12H12N6O. The Morgan fingerprint density at radius 2 is 2.21 bits per heavy atom. The minimum Gasteiger partial charge on any atom is -0.388 e. The number of imidazole rings is 1. The van der Waals surface area contributed by atoms with Gasteiger partial charge in [0.05, 0.1) is 5.69 Å². The lowest BCUT2D eigenvalue weighted by atomic mass is 10.2. The molecule has 0 atom stereocenters. The van der Waals surface area contributed by atoms with Gasteiger partial charge in [0.25, 0.3) is 0 Å². The monoisotopic (exact) mass is 256 g/mol. The van der Waals surface area contributed by atoms with E-state index in [4.69, 9.17) is 5.73 Å². The summed E-state index contributed by atoms with van der Waals surface area (Å²) in [5, 5.41) is 3.03. The molecule has 0 unspecified atom stereocenters. The Hall–Kier alpha value is -2.83. The maximum atomic E-state index is 12.1. The van der Waals surface area contributed by atoms with Crippen LogP contribution in [0.2, 0.25) is 0 Å². The first-order valence-electron chi connectivity index (χ1n) is 5.70. The highest BCUT2D eigenvalue weighted by molar-refractivity contribution is 5.82. The molecule has 0 spiro atoms. The predicted molar refractivity (Wildman–Crippen MR) is 73.4 cm³/mol. The number of fused-ring (bicyclic) bond motifs is 1. The highest BCUT2D eigenvalue weighted by Crippen LogP contribution is 2.18. The standard InChI is InChI=1S/C12H12N6O/c1-14-7-3-2-4-8(5-7)18-11-9(17-12(18)19)10(13)15-6-16-11/h2-6,14H,1H3,(H,17,19)(H2,13,15,16). The SMILES string of the molecule is CNc1cccc(-n2c(=O)[nH]c3c(N)ncnc32)c1. The van der Waals surface area contributed by atoms with Crippen molar-refractivity contribution >= 4 is 22.7 Å². The lowest BCUT2D eigenvalue weighted by Gasteiger charge is -2.05. The zero-order chi connectivity index (χ0) is 13.4. The fourth-order valence-electron chi connectivity index (χ4n) is 1.98. The molecule has 2 aromatic heterocycles. The number of nitrogens with one attached hydrogen (secondary N) is 2. The molecule has 3 aromatic rings. The lowest BCUT2D eigenvalue weighted by molar-refractivity contribution is 0.998. The molecule has 7 heteroatoms. The van der Waals surface area contributed by atoms with Crippen molar-refractivity contribution in [2.24, 2.45) is 0 Å². The Labute approximate surface area is 108 Å². The van der Waals surface area contributed by atoms with Gasteiger partial charge in [-0.15, -0.1) is 0 Å². The van der Waals surface area contributed by atoms with E-state index in [9.17, 15) is 4.79 Å². The molecule has 0 radical (unpaired) electrons. The average Bonchev–Trinajstić information content (AvgIpc) is 2.77. The fraction of sp³-hybridized carbons (Fsp3) is 0.0833. The molecule has 19 heavy (non-hydrogen) atoms. The predicted octanol–water partition coefficient (Wildman–Crippen LogP) is 0.733. The minimum absolute atomic E-state index is 0.255. The molecule has 0 saturated heterocycles. The molecule has 7 nitrogen and oxygen atoms in total. The lowest BCUT2D eigenvalue weighted by Crippen LogP contribution is -2.15. The molecule has 2 heterocycles. The van der Waals surface area contributed by atoms with E-state index in [0.717, 1.165) is 5.69 Å². The normalized spacial score (nSPS) is 10.8. The Morgan fingerprint density at radius 1 is 1.37 bits per heavy atom. The first-order chi connectivity index (χ1) is 9.20. The van der Waals surface area contributed by atoms with Gasteiger partial charge in [-0.3, -0.25) is 0 Å². The van der Waals surface area contributed by atoms with Crippen LogP contribution < -0.4 is 16.7 Å². The molecule has 0 fully saturated rings. The number of nitrogen functional groups attached to an aromatic ring is 1. The molecule has 4 N–H and O–H groups in total. The van der Waals surface area contributed by atoms with Gasteiger partial charge in [-0.1, -0.05) is 6.07 Å². The molecular weight excluding hydrogens is 244 g/mol. The van der Waals surface area contributed by atoms with Crippen LogP contribution in [0.25, 0.3) is 16.9 Å². The van der Waals surface area contributed by atoms with Crippen LogP contribution in [-0.2, 0) is 0 Å². The quantitative estimate of drug-likeness (QED) is 0.627. The van der Waals surface area contributed by atoms with Gasteiger partial charge in [0.2, 0.25) is 0 Å². The number of rotatable bonds is 2. The zero-order valence-electron chi connectivity index (χ0n) is 10.2. The second-order valence-electron chi connectivity index (χ2n) is 4.02. The van der Waals surface area contributed by atoms with Crippen LogP contribution >= 0.6 is 0 Å². The summed E-state index contributed by atoms with van der Waals surface area (Å²) in [4.78, 5) is 22.7. The molecule has 0 aliphatic heterocycles. The molecule has 1 aromatic carbocycles. The van der Waals surface area contributed by atoms with Crippen LogP contribution in [-0.4, -0.2) is 26.6 Å². The summed E-state index contributed by atoms with van der Waals surface area (Å²) in [6, 6.07) is 7.45. The Balaban J connectivity index is 2.33. The van der Waals surface area contributed by atoms with Gasteiger partial charge in [0, 0.05) is 12.7 Å². The van der Waals surface area contributed by atoms with Gasteiger partial charge in [0.1, 0.15) is 11.8 Å². The second-order valence-corrected chi connectivity index (χ2v) is 4.02. The molecule has 0 aliphatic rings. The maximum Gasteiger partial charge on any atom is 0.332 e. The summed E-state index contributed by atoms with van der Waals surface area (Å²) in [5.41, 5.74) is 7.95. The number of benzene rings is 1. The third kappa shape index (κ3) is 1.71. The van der Waals surface area contributed by atoms with Crippen LogP contribution in [0.3, 0.4) is 0 Å². The van der Waals surface area contributed by atoms with Crippen LogP contribution in [0.1, 0.15) is 0 Å².